The SMILES string of the molecule is CCCCCCl.O=C(O)c1cccc(C(=O)O)n1. The highest BCUT2D eigenvalue weighted by molar-refractivity contribution is 6.17. The van der Waals surface area contributed by atoms with Gasteiger partial charge in [0, 0.05) is 5.88 Å². The number of rotatable bonds is 5. The van der Waals surface area contributed by atoms with Gasteiger partial charge in [-0.2, -0.15) is 0 Å². The summed E-state index contributed by atoms with van der Waals surface area (Å²) in [5, 5.41) is 16.9. The number of alkyl halides is 1. The normalized spacial score (nSPS) is 9.22. The number of pyridine rings is 1. The minimum atomic E-state index is -1.24. The van der Waals surface area contributed by atoms with Gasteiger partial charge in [0.15, 0.2) is 0 Å². The second-order valence-electron chi connectivity index (χ2n) is 3.41. The van der Waals surface area contributed by atoms with Gasteiger partial charge in [-0.15, -0.1) is 11.6 Å². The van der Waals surface area contributed by atoms with Gasteiger partial charge < -0.3 is 10.2 Å². The third kappa shape index (κ3) is 6.85. The maximum Gasteiger partial charge on any atom is 0.354 e. The lowest BCUT2D eigenvalue weighted by atomic mass is 10.3. The Morgan fingerprint density at radius 2 is 1.67 bits per heavy atom. The maximum atomic E-state index is 10.3. The van der Waals surface area contributed by atoms with Gasteiger partial charge in [-0.25, -0.2) is 14.6 Å². The molecular formula is C12H16ClNO4. The average Bonchev–Trinajstić information content (AvgIpc) is 2.37. The number of nitrogens with zero attached hydrogens (tertiary/aromatic N) is 1. The van der Waals surface area contributed by atoms with Gasteiger partial charge in [-0.1, -0.05) is 25.8 Å². The lowest BCUT2D eigenvalue weighted by Gasteiger charge is -1.94. The fourth-order valence-electron chi connectivity index (χ4n) is 1.02. The highest BCUT2D eigenvalue weighted by Gasteiger charge is 2.08. The molecule has 0 aliphatic carbocycles. The summed E-state index contributed by atoms with van der Waals surface area (Å²) in [6.07, 6.45) is 3.73. The van der Waals surface area contributed by atoms with Crippen LogP contribution in [0.5, 0.6) is 0 Å². The van der Waals surface area contributed by atoms with Crippen LogP contribution in [0, 0.1) is 0 Å². The zero-order valence-corrected chi connectivity index (χ0v) is 10.9. The third-order valence-corrected chi connectivity index (χ3v) is 2.19. The van der Waals surface area contributed by atoms with Crippen molar-refractivity contribution in [1.82, 2.24) is 4.98 Å². The number of aromatic nitrogens is 1. The maximum absolute atomic E-state index is 10.3. The molecule has 1 aromatic rings. The third-order valence-electron chi connectivity index (χ3n) is 1.92. The van der Waals surface area contributed by atoms with E-state index in [1.165, 1.54) is 37.5 Å². The topological polar surface area (TPSA) is 87.5 Å². The second kappa shape index (κ2) is 9.41. The average molecular weight is 274 g/mol. The number of hydrogen-bond donors (Lipinski definition) is 2. The summed E-state index contributed by atoms with van der Waals surface area (Å²) < 4.78 is 0. The molecular weight excluding hydrogens is 258 g/mol. The Labute approximate surface area is 110 Å². The van der Waals surface area contributed by atoms with Gasteiger partial charge in [-0.05, 0) is 18.6 Å². The lowest BCUT2D eigenvalue weighted by Crippen LogP contribution is -2.06. The predicted molar refractivity (Wildman–Crippen MR) is 68.4 cm³/mol. The van der Waals surface area contributed by atoms with Crippen LogP contribution in [0.4, 0.5) is 0 Å². The standard InChI is InChI=1S/C7H5NO4.C5H11Cl/c9-6(10)4-2-1-3-5(8-4)7(11)12;1-2-3-4-5-6/h1-3H,(H,9,10)(H,11,12);2-5H2,1H3. The molecule has 0 aromatic carbocycles. The lowest BCUT2D eigenvalue weighted by molar-refractivity contribution is 0.0685. The Kier molecular flexibility index (Phi) is 8.57. The number of unbranched alkanes of at least 4 members (excludes halogenated alkanes) is 2. The van der Waals surface area contributed by atoms with E-state index in [1.807, 2.05) is 0 Å². The van der Waals surface area contributed by atoms with Crippen molar-refractivity contribution in [2.75, 3.05) is 5.88 Å². The van der Waals surface area contributed by atoms with Crippen molar-refractivity contribution >= 4 is 23.5 Å². The Morgan fingerprint density at radius 1 is 1.17 bits per heavy atom. The Balaban J connectivity index is 0.000000411. The number of carboxylic acids is 2. The van der Waals surface area contributed by atoms with Crippen molar-refractivity contribution in [3.05, 3.63) is 29.6 Å². The molecule has 6 heteroatoms. The van der Waals surface area contributed by atoms with E-state index in [-0.39, 0.29) is 11.4 Å². The molecule has 1 rings (SSSR count). The Bertz CT molecular complexity index is 362. The van der Waals surface area contributed by atoms with Crippen LogP contribution in [0.15, 0.2) is 18.2 Å². The minimum Gasteiger partial charge on any atom is -0.477 e. The van der Waals surface area contributed by atoms with Crippen LogP contribution in [-0.4, -0.2) is 33.0 Å². The minimum absolute atomic E-state index is 0.269. The molecule has 0 unspecified atom stereocenters. The van der Waals surface area contributed by atoms with E-state index < -0.39 is 11.9 Å². The summed E-state index contributed by atoms with van der Waals surface area (Å²) >= 11 is 5.38. The van der Waals surface area contributed by atoms with Crippen LogP contribution in [0.3, 0.4) is 0 Å². The largest absolute Gasteiger partial charge is 0.477 e. The van der Waals surface area contributed by atoms with Crippen LogP contribution in [0.1, 0.15) is 47.2 Å². The van der Waals surface area contributed by atoms with Gasteiger partial charge in [0.1, 0.15) is 11.4 Å². The first kappa shape index (κ1) is 16.4. The van der Waals surface area contributed by atoms with Crippen LogP contribution >= 0.6 is 11.6 Å². The molecule has 0 spiro atoms. The van der Waals surface area contributed by atoms with Gasteiger partial charge >= 0.3 is 11.9 Å². The summed E-state index contributed by atoms with van der Waals surface area (Å²) in [7, 11) is 0. The number of carboxylic acid groups (broad SMARTS) is 2. The van der Waals surface area contributed by atoms with E-state index in [1.54, 1.807) is 0 Å². The smallest absolute Gasteiger partial charge is 0.354 e. The van der Waals surface area contributed by atoms with Crippen LogP contribution in [-0.2, 0) is 0 Å². The molecule has 0 radical (unpaired) electrons. The van der Waals surface area contributed by atoms with Gasteiger partial charge in [-0.3, -0.25) is 0 Å². The summed E-state index contributed by atoms with van der Waals surface area (Å²) in [5.41, 5.74) is -0.537. The Morgan fingerprint density at radius 3 is 1.94 bits per heavy atom. The van der Waals surface area contributed by atoms with E-state index in [4.69, 9.17) is 21.8 Å². The molecule has 0 amide bonds. The van der Waals surface area contributed by atoms with Crippen molar-refractivity contribution < 1.29 is 19.8 Å². The zero-order valence-electron chi connectivity index (χ0n) is 10.1. The summed E-state index contributed by atoms with van der Waals surface area (Å²) in [6.45, 7) is 2.17. The first-order valence-corrected chi connectivity index (χ1v) is 6.06. The number of carbonyl (C=O) groups is 2. The van der Waals surface area contributed by atoms with E-state index in [0.29, 0.717) is 0 Å². The monoisotopic (exact) mass is 273 g/mol. The molecule has 0 atom stereocenters. The van der Waals surface area contributed by atoms with E-state index in [2.05, 4.69) is 11.9 Å². The molecule has 18 heavy (non-hydrogen) atoms. The summed E-state index contributed by atoms with van der Waals surface area (Å²) in [6, 6.07) is 3.80. The van der Waals surface area contributed by atoms with E-state index in [9.17, 15) is 9.59 Å². The second-order valence-corrected chi connectivity index (χ2v) is 3.79. The van der Waals surface area contributed by atoms with E-state index >= 15 is 0 Å². The molecule has 0 fully saturated rings. The van der Waals surface area contributed by atoms with Gasteiger partial charge in [0.05, 0.1) is 0 Å². The first-order chi connectivity index (χ1) is 8.52. The molecule has 0 aliphatic rings. The van der Waals surface area contributed by atoms with Crippen molar-refractivity contribution in [2.24, 2.45) is 0 Å². The molecule has 0 bridgehead atoms. The van der Waals surface area contributed by atoms with Gasteiger partial charge in [0.25, 0.3) is 0 Å². The van der Waals surface area contributed by atoms with Gasteiger partial charge in [0.2, 0.25) is 0 Å². The molecule has 5 nitrogen and oxygen atoms in total. The number of hydrogen-bond acceptors (Lipinski definition) is 3. The van der Waals surface area contributed by atoms with Crippen LogP contribution in [0.2, 0.25) is 0 Å². The highest BCUT2D eigenvalue weighted by atomic mass is 35.5. The number of halogens is 1. The van der Waals surface area contributed by atoms with Crippen LogP contribution < -0.4 is 0 Å². The molecule has 0 saturated heterocycles. The summed E-state index contributed by atoms with van der Waals surface area (Å²) in [4.78, 5) is 24.0. The zero-order chi connectivity index (χ0) is 14.0. The first-order valence-electron chi connectivity index (χ1n) is 5.52. The molecule has 0 saturated carbocycles. The number of aromatic carboxylic acids is 2. The fraction of sp³-hybridized carbons (Fsp3) is 0.417. The van der Waals surface area contributed by atoms with Crippen molar-refractivity contribution in [1.29, 1.82) is 0 Å². The van der Waals surface area contributed by atoms with Crippen molar-refractivity contribution in [3.63, 3.8) is 0 Å². The molecule has 100 valence electrons. The van der Waals surface area contributed by atoms with E-state index in [0.717, 1.165) is 5.88 Å². The molecule has 0 aliphatic heterocycles. The predicted octanol–water partition coefficient (Wildman–Crippen LogP) is 2.89. The Hall–Kier alpha value is -1.62. The van der Waals surface area contributed by atoms with Crippen LogP contribution in [0.25, 0.3) is 0 Å². The molecule has 2 N–H and O–H groups in total. The quantitative estimate of drug-likeness (QED) is 0.636. The fourth-order valence-corrected chi connectivity index (χ4v) is 1.21. The summed E-state index contributed by atoms with van der Waals surface area (Å²) in [5.74, 6) is -1.65. The highest BCUT2D eigenvalue weighted by Crippen LogP contribution is 1.98. The van der Waals surface area contributed by atoms with Crippen molar-refractivity contribution in [2.45, 2.75) is 26.2 Å². The van der Waals surface area contributed by atoms with Crippen molar-refractivity contribution in [3.8, 4) is 0 Å². The molecule has 1 aromatic heterocycles. The molecule has 1 heterocycles.